The third kappa shape index (κ3) is 4.59. The number of hydrogen-bond acceptors (Lipinski definition) is 8. The monoisotopic (exact) mass is 338 g/mol. The smallest absolute Gasteiger partial charge is 0.324 e. The number of phenols is 1. The lowest BCUT2D eigenvalue weighted by Gasteiger charge is -1.97. The Morgan fingerprint density at radius 1 is 0.917 bits per heavy atom. The van der Waals surface area contributed by atoms with Gasteiger partial charge in [-0.15, -0.1) is 0 Å². The Bertz CT molecular complexity index is 805. The Morgan fingerprint density at radius 3 is 1.62 bits per heavy atom. The molecule has 0 aliphatic carbocycles. The van der Waals surface area contributed by atoms with Gasteiger partial charge in [0.25, 0.3) is 11.4 Å². The minimum absolute atomic E-state index is 0.0584. The van der Waals surface area contributed by atoms with E-state index in [1.807, 2.05) is 11.6 Å². The highest BCUT2D eigenvalue weighted by Gasteiger charge is 2.30. The lowest BCUT2D eigenvalue weighted by molar-refractivity contribution is -0.404. The van der Waals surface area contributed by atoms with E-state index in [1.54, 1.807) is 12.4 Å². The molecule has 12 nitrogen and oxygen atoms in total. The molecule has 1 aromatic carbocycles. The summed E-state index contributed by atoms with van der Waals surface area (Å²) < 4.78 is 1.82. The molecule has 2 aromatic rings. The van der Waals surface area contributed by atoms with E-state index in [1.165, 1.54) is 12.1 Å². The summed E-state index contributed by atoms with van der Waals surface area (Å²) in [5.74, 6) is -1.21. The number of benzene rings is 1. The number of rotatable bonds is 3. The fourth-order valence-corrected chi connectivity index (χ4v) is 1.46. The molecule has 0 aliphatic heterocycles. The molecule has 0 spiro atoms. The lowest BCUT2D eigenvalue weighted by Crippen LogP contribution is -1.98. The normalized spacial score (nSPS) is 9.54. The van der Waals surface area contributed by atoms with Crippen molar-refractivity contribution in [1.29, 1.82) is 0 Å². The van der Waals surface area contributed by atoms with Gasteiger partial charge in [0.15, 0.2) is 5.43 Å². The maximum Gasteiger partial charge on any atom is 0.324 e. The van der Waals surface area contributed by atoms with Crippen molar-refractivity contribution in [3.8, 4) is 5.75 Å². The molecule has 0 bridgehead atoms. The number of aromatic nitrogens is 1. The summed E-state index contributed by atoms with van der Waals surface area (Å²) in [4.78, 5) is 38.2. The Morgan fingerprint density at radius 2 is 1.33 bits per heavy atom. The highest BCUT2D eigenvalue weighted by atomic mass is 16.6. The molecule has 12 heteroatoms. The quantitative estimate of drug-likeness (QED) is 0.647. The van der Waals surface area contributed by atoms with E-state index in [4.69, 9.17) is 5.11 Å². The number of nitro groups is 3. The summed E-state index contributed by atoms with van der Waals surface area (Å²) in [7, 11) is 1.87. The van der Waals surface area contributed by atoms with Crippen LogP contribution in [-0.2, 0) is 7.05 Å². The van der Waals surface area contributed by atoms with Crippen LogP contribution in [0.2, 0.25) is 0 Å². The van der Waals surface area contributed by atoms with Crippen molar-refractivity contribution >= 4 is 17.1 Å². The van der Waals surface area contributed by atoms with E-state index in [0.717, 1.165) is 0 Å². The minimum atomic E-state index is -1.21. The van der Waals surface area contributed by atoms with Crippen molar-refractivity contribution in [1.82, 2.24) is 4.57 Å². The number of phenolic OH excluding ortho intramolecular Hbond substituents is 1. The van der Waals surface area contributed by atoms with Gasteiger partial charge in [-0.3, -0.25) is 35.1 Å². The van der Waals surface area contributed by atoms with E-state index < -0.39 is 37.6 Å². The van der Waals surface area contributed by atoms with Crippen LogP contribution in [0.15, 0.2) is 41.5 Å². The third-order valence-corrected chi connectivity index (χ3v) is 2.61. The van der Waals surface area contributed by atoms with Crippen LogP contribution in [0.5, 0.6) is 5.75 Å². The molecule has 0 unspecified atom stereocenters. The first-order valence-corrected chi connectivity index (χ1v) is 6.06. The predicted octanol–water partition coefficient (Wildman–Crippen LogP) is 1.50. The summed E-state index contributed by atoms with van der Waals surface area (Å²) in [6.45, 7) is 0. The summed E-state index contributed by atoms with van der Waals surface area (Å²) in [6.07, 6.45) is 3.45. The van der Waals surface area contributed by atoms with Gasteiger partial charge in [-0.25, -0.2) is 0 Å². The van der Waals surface area contributed by atoms with Gasteiger partial charge in [-0.2, -0.15) is 0 Å². The molecule has 126 valence electrons. The van der Waals surface area contributed by atoms with Gasteiger partial charge in [0.2, 0.25) is 0 Å². The summed E-state index contributed by atoms with van der Waals surface area (Å²) in [6, 6.07) is 3.95. The maximum absolute atomic E-state index is 10.4. The summed E-state index contributed by atoms with van der Waals surface area (Å²) in [5.41, 5.74) is -2.94. The van der Waals surface area contributed by atoms with Gasteiger partial charge in [0, 0.05) is 31.6 Å². The van der Waals surface area contributed by atoms with Crippen LogP contribution in [0, 0.1) is 30.3 Å². The molecule has 2 rings (SSSR count). The molecule has 0 saturated carbocycles. The van der Waals surface area contributed by atoms with Crippen LogP contribution >= 0.6 is 0 Å². The van der Waals surface area contributed by atoms with Gasteiger partial charge < -0.3 is 9.67 Å². The largest absolute Gasteiger partial charge is 0.497 e. The van der Waals surface area contributed by atoms with E-state index in [-0.39, 0.29) is 5.43 Å². The molecular weight excluding hydrogens is 328 g/mol. The molecule has 0 fully saturated rings. The molecule has 0 saturated heterocycles. The van der Waals surface area contributed by atoms with Gasteiger partial charge in [-0.05, 0) is 0 Å². The Balaban J connectivity index is 0.000000300. The van der Waals surface area contributed by atoms with E-state index >= 15 is 0 Å². The van der Waals surface area contributed by atoms with Crippen LogP contribution < -0.4 is 5.43 Å². The second-order valence-electron chi connectivity index (χ2n) is 4.30. The molecule has 1 N–H and O–H groups in total. The standard InChI is InChI=1S/C6H3N3O7.C6H7NO/c10-6-4(8(13)14)1-3(7(11)12)2-5(6)9(15)16;1-7-4-2-6(8)3-5-7/h1-2,10H;2-5H,1H3. The van der Waals surface area contributed by atoms with E-state index in [0.29, 0.717) is 12.1 Å². The molecular formula is C12H10N4O8. The summed E-state index contributed by atoms with van der Waals surface area (Å²) >= 11 is 0. The number of aromatic hydroxyl groups is 1. The van der Waals surface area contributed by atoms with Gasteiger partial charge in [-0.1, -0.05) is 0 Å². The average molecular weight is 338 g/mol. The first-order chi connectivity index (χ1) is 11.1. The van der Waals surface area contributed by atoms with Crippen molar-refractivity contribution in [2.75, 3.05) is 0 Å². The van der Waals surface area contributed by atoms with Crippen molar-refractivity contribution in [3.05, 3.63) is 77.2 Å². The molecule has 0 amide bonds. The zero-order valence-electron chi connectivity index (χ0n) is 12.1. The topological polar surface area (TPSA) is 172 Å². The fourth-order valence-electron chi connectivity index (χ4n) is 1.46. The van der Waals surface area contributed by atoms with Crippen LogP contribution in [-0.4, -0.2) is 24.4 Å². The van der Waals surface area contributed by atoms with Crippen molar-refractivity contribution in [3.63, 3.8) is 0 Å². The lowest BCUT2D eigenvalue weighted by atomic mass is 10.2. The van der Waals surface area contributed by atoms with Gasteiger partial charge in [0.1, 0.15) is 0 Å². The van der Waals surface area contributed by atoms with Gasteiger partial charge >= 0.3 is 11.4 Å². The number of non-ortho nitro benzene ring substituents is 1. The molecule has 24 heavy (non-hydrogen) atoms. The SMILES string of the molecule is Cn1ccc(=O)cc1.O=[N+]([O-])c1cc([N+](=O)[O-])c(O)c([N+](=O)[O-])c1. The number of pyridine rings is 1. The van der Waals surface area contributed by atoms with Crippen LogP contribution in [0.1, 0.15) is 0 Å². The maximum atomic E-state index is 10.4. The van der Waals surface area contributed by atoms with E-state index in [9.17, 15) is 35.1 Å². The molecule has 1 heterocycles. The second-order valence-corrected chi connectivity index (χ2v) is 4.30. The fraction of sp³-hybridized carbons (Fsp3) is 0.0833. The number of nitro benzene ring substituents is 3. The van der Waals surface area contributed by atoms with Crippen molar-refractivity contribution in [2.45, 2.75) is 0 Å². The first-order valence-electron chi connectivity index (χ1n) is 6.06. The Hall–Kier alpha value is -3.83. The molecule has 0 aliphatic rings. The Labute approximate surface area is 132 Å². The van der Waals surface area contributed by atoms with Crippen LogP contribution in [0.4, 0.5) is 17.1 Å². The Kier molecular flexibility index (Phi) is 5.65. The third-order valence-electron chi connectivity index (χ3n) is 2.61. The highest BCUT2D eigenvalue weighted by Crippen LogP contribution is 2.38. The molecule has 1 aromatic heterocycles. The zero-order valence-corrected chi connectivity index (χ0v) is 12.1. The second kappa shape index (κ2) is 7.44. The number of hydrogen-bond donors (Lipinski definition) is 1. The van der Waals surface area contributed by atoms with Crippen LogP contribution in [0.25, 0.3) is 0 Å². The molecule has 0 radical (unpaired) electrons. The van der Waals surface area contributed by atoms with E-state index in [2.05, 4.69) is 0 Å². The minimum Gasteiger partial charge on any atom is -0.497 e. The van der Waals surface area contributed by atoms with Gasteiger partial charge in [0.05, 0.1) is 26.9 Å². The number of nitrogens with zero attached hydrogens (tertiary/aromatic N) is 4. The average Bonchev–Trinajstić information content (AvgIpc) is 2.50. The number of aryl methyl sites for hydroxylation is 1. The zero-order chi connectivity index (χ0) is 18.4. The first kappa shape index (κ1) is 18.2. The predicted molar refractivity (Wildman–Crippen MR) is 79.8 cm³/mol. The molecule has 0 atom stereocenters. The summed E-state index contributed by atoms with van der Waals surface area (Å²) in [5, 5.41) is 40.2. The highest BCUT2D eigenvalue weighted by molar-refractivity contribution is 5.64. The van der Waals surface area contributed by atoms with Crippen molar-refractivity contribution < 1.29 is 19.9 Å². The van der Waals surface area contributed by atoms with Crippen molar-refractivity contribution in [2.24, 2.45) is 7.05 Å². The van der Waals surface area contributed by atoms with Crippen LogP contribution in [0.3, 0.4) is 0 Å².